The quantitative estimate of drug-likeness (QED) is 0.850. The van der Waals surface area contributed by atoms with E-state index in [0.29, 0.717) is 17.1 Å². The largest absolute Gasteiger partial charge is 0.337 e. The van der Waals surface area contributed by atoms with Gasteiger partial charge in [-0.25, -0.2) is 0 Å². The number of likely N-dealkylation sites (tertiary alicyclic amines) is 1. The molecule has 0 aliphatic carbocycles. The van der Waals surface area contributed by atoms with Crippen LogP contribution in [0.1, 0.15) is 29.0 Å². The van der Waals surface area contributed by atoms with Gasteiger partial charge in [0.15, 0.2) is 0 Å². The number of nitrogens with zero attached hydrogens (tertiary/aromatic N) is 3. The van der Waals surface area contributed by atoms with Gasteiger partial charge in [0.05, 0.1) is 16.7 Å². The normalized spacial score (nSPS) is 14.8. The van der Waals surface area contributed by atoms with E-state index < -0.39 is 0 Å². The van der Waals surface area contributed by atoms with Crippen LogP contribution in [-0.2, 0) is 11.8 Å². The Hall–Kier alpha value is -1.37. The summed E-state index contributed by atoms with van der Waals surface area (Å²) in [5.41, 5.74) is 1.62. The Balaban J connectivity index is 2.32. The number of nitrogens with one attached hydrogen (secondary N) is 1. The lowest BCUT2D eigenvalue weighted by Crippen LogP contribution is -2.30. The first-order chi connectivity index (χ1) is 9.04. The Kier molecular flexibility index (Phi) is 4.24. The van der Waals surface area contributed by atoms with Crippen molar-refractivity contribution in [1.82, 2.24) is 14.7 Å². The van der Waals surface area contributed by atoms with Crippen molar-refractivity contribution in [2.75, 3.05) is 23.7 Å². The van der Waals surface area contributed by atoms with E-state index >= 15 is 0 Å². The molecule has 1 aromatic rings. The lowest BCUT2D eigenvalue weighted by molar-refractivity contribution is -0.113. The number of carbonyl (C=O) groups excluding carboxylic acids is 2. The molecule has 104 valence electrons. The molecule has 0 bridgehead atoms. The van der Waals surface area contributed by atoms with Gasteiger partial charge in [0.25, 0.3) is 5.91 Å². The van der Waals surface area contributed by atoms with Crippen LogP contribution in [0.4, 0.5) is 5.69 Å². The molecule has 0 unspecified atom stereocenters. The fourth-order valence-corrected chi connectivity index (χ4v) is 2.44. The Labute approximate surface area is 120 Å². The molecule has 6 nitrogen and oxygen atoms in total. The van der Waals surface area contributed by atoms with E-state index in [9.17, 15) is 9.59 Å². The van der Waals surface area contributed by atoms with Crippen molar-refractivity contribution in [1.29, 1.82) is 0 Å². The van der Waals surface area contributed by atoms with Crippen LogP contribution in [0.5, 0.6) is 0 Å². The van der Waals surface area contributed by atoms with Crippen LogP contribution in [0.3, 0.4) is 0 Å². The first-order valence-corrected chi connectivity index (χ1v) is 7.35. The van der Waals surface area contributed by atoms with Gasteiger partial charge in [0.2, 0.25) is 5.91 Å². The van der Waals surface area contributed by atoms with Gasteiger partial charge in [-0.15, -0.1) is 0 Å². The van der Waals surface area contributed by atoms with Crippen molar-refractivity contribution in [2.24, 2.45) is 7.05 Å². The lowest BCUT2D eigenvalue weighted by Gasteiger charge is -2.16. The maximum atomic E-state index is 12.5. The minimum atomic E-state index is -0.188. The van der Waals surface area contributed by atoms with Gasteiger partial charge in [-0.2, -0.15) is 5.10 Å². The topological polar surface area (TPSA) is 67.2 Å². The average molecular weight is 329 g/mol. The van der Waals surface area contributed by atoms with E-state index in [0.717, 1.165) is 25.9 Å². The summed E-state index contributed by atoms with van der Waals surface area (Å²) in [5, 5.41) is 7.16. The molecular formula is C12H17BrN4O2. The minimum absolute atomic E-state index is 0.0644. The molecule has 7 heteroatoms. The van der Waals surface area contributed by atoms with E-state index in [1.54, 1.807) is 23.6 Å². The zero-order chi connectivity index (χ0) is 14.0. The third-order valence-corrected chi connectivity index (χ3v) is 3.71. The zero-order valence-electron chi connectivity index (χ0n) is 11.1. The number of amides is 2. The molecule has 0 radical (unpaired) electrons. The van der Waals surface area contributed by atoms with Gasteiger partial charge in [-0.1, -0.05) is 15.9 Å². The molecule has 1 aromatic heterocycles. The van der Waals surface area contributed by atoms with Crippen LogP contribution >= 0.6 is 15.9 Å². The summed E-state index contributed by atoms with van der Waals surface area (Å²) in [7, 11) is 1.72. The van der Waals surface area contributed by atoms with Crippen LogP contribution in [0.15, 0.2) is 0 Å². The number of carbonyl (C=O) groups is 2. The molecule has 0 saturated carbocycles. The molecule has 0 spiro atoms. The number of alkyl halides is 1. The standard InChI is InChI=1S/C12H17BrN4O2/c1-8-10(14-9(18)7-13)11(16(2)15-8)12(19)17-5-3-4-6-17/h3-7H2,1-2H3,(H,14,18). The molecule has 1 saturated heterocycles. The Morgan fingerprint density at radius 2 is 2.00 bits per heavy atom. The van der Waals surface area contributed by atoms with Crippen molar-refractivity contribution in [3.63, 3.8) is 0 Å². The number of aromatic nitrogens is 2. The fourth-order valence-electron chi connectivity index (χ4n) is 2.30. The van der Waals surface area contributed by atoms with Gasteiger partial charge in [0, 0.05) is 20.1 Å². The van der Waals surface area contributed by atoms with E-state index in [-0.39, 0.29) is 17.1 Å². The van der Waals surface area contributed by atoms with Crippen LogP contribution in [0, 0.1) is 6.92 Å². The van der Waals surface area contributed by atoms with Crippen molar-refractivity contribution in [3.8, 4) is 0 Å². The molecule has 0 aromatic carbocycles. The highest BCUT2D eigenvalue weighted by molar-refractivity contribution is 9.09. The third-order valence-electron chi connectivity index (χ3n) is 3.20. The summed E-state index contributed by atoms with van der Waals surface area (Å²) >= 11 is 3.10. The molecule has 0 atom stereocenters. The van der Waals surface area contributed by atoms with E-state index in [2.05, 4.69) is 26.3 Å². The number of anilines is 1. The Morgan fingerprint density at radius 3 is 2.58 bits per heavy atom. The lowest BCUT2D eigenvalue weighted by atomic mass is 10.2. The summed E-state index contributed by atoms with van der Waals surface area (Å²) < 4.78 is 1.54. The van der Waals surface area contributed by atoms with Gasteiger partial charge >= 0.3 is 0 Å². The van der Waals surface area contributed by atoms with Crippen molar-refractivity contribution < 1.29 is 9.59 Å². The highest BCUT2D eigenvalue weighted by Gasteiger charge is 2.27. The number of hydrogen-bond donors (Lipinski definition) is 1. The van der Waals surface area contributed by atoms with Gasteiger partial charge in [0.1, 0.15) is 5.69 Å². The van der Waals surface area contributed by atoms with Crippen molar-refractivity contribution in [2.45, 2.75) is 19.8 Å². The monoisotopic (exact) mass is 328 g/mol. The Morgan fingerprint density at radius 1 is 1.37 bits per heavy atom. The predicted octanol–water partition coefficient (Wildman–Crippen LogP) is 1.30. The maximum Gasteiger partial charge on any atom is 0.274 e. The second-order valence-corrected chi connectivity index (χ2v) is 5.17. The summed E-state index contributed by atoms with van der Waals surface area (Å²) in [6.07, 6.45) is 2.07. The van der Waals surface area contributed by atoms with E-state index in [4.69, 9.17) is 0 Å². The van der Waals surface area contributed by atoms with Crippen LogP contribution < -0.4 is 5.32 Å². The number of halogens is 1. The average Bonchev–Trinajstić information content (AvgIpc) is 2.98. The van der Waals surface area contributed by atoms with Gasteiger partial charge in [-0.05, 0) is 19.8 Å². The second-order valence-electron chi connectivity index (χ2n) is 4.61. The van der Waals surface area contributed by atoms with E-state index in [1.165, 1.54) is 0 Å². The maximum absolute atomic E-state index is 12.5. The molecule has 2 amide bonds. The molecular weight excluding hydrogens is 312 g/mol. The van der Waals surface area contributed by atoms with Crippen molar-refractivity contribution >= 4 is 33.4 Å². The van der Waals surface area contributed by atoms with Gasteiger partial charge in [-0.3, -0.25) is 14.3 Å². The van der Waals surface area contributed by atoms with Crippen LogP contribution in [-0.4, -0.2) is 44.9 Å². The third kappa shape index (κ3) is 2.80. The molecule has 1 aliphatic heterocycles. The molecule has 1 N–H and O–H groups in total. The summed E-state index contributed by atoms with van der Waals surface area (Å²) in [6, 6.07) is 0. The van der Waals surface area contributed by atoms with Crippen LogP contribution in [0.2, 0.25) is 0 Å². The minimum Gasteiger partial charge on any atom is -0.337 e. The number of rotatable bonds is 3. The second kappa shape index (κ2) is 5.73. The molecule has 1 aliphatic rings. The first-order valence-electron chi connectivity index (χ1n) is 6.23. The molecule has 1 fully saturated rings. The van der Waals surface area contributed by atoms with E-state index in [1.807, 2.05) is 0 Å². The SMILES string of the molecule is Cc1nn(C)c(C(=O)N2CCCC2)c1NC(=O)CBr. The predicted molar refractivity (Wildman–Crippen MR) is 75.5 cm³/mol. The highest BCUT2D eigenvalue weighted by Crippen LogP contribution is 2.23. The first kappa shape index (κ1) is 14.0. The van der Waals surface area contributed by atoms with Crippen molar-refractivity contribution in [3.05, 3.63) is 11.4 Å². The Bertz CT molecular complexity index is 506. The molecule has 2 heterocycles. The number of hydrogen-bond acceptors (Lipinski definition) is 3. The smallest absolute Gasteiger partial charge is 0.274 e. The summed E-state index contributed by atoms with van der Waals surface area (Å²) in [4.78, 5) is 25.8. The highest BCUT2D eigenvalue weighted by atomic mass is 79.9. The fraction of sp³-hybridized carbons (Fsp3) is 0.583. The molecule has 19 heavy (non-hydrogen) atoms. The summed E-state index contributed by atoms with van der Waals surface area (Å²) in [6.45, 7) is 3.33. The summed E-state index contributed by atoms with van der Waals surface area (Å²) in [5.74, 6) is -0.253. The zero-order valence-corrected chi connectivity index (χ0v) is 12.7. The van der Waals surface area contributed by atoms with Gasteiger partial charge < -0.3 is 10.2 Å². The number of aryl methyl sites for hydroxylation is 2. The van der Waals surface area contributed by atoms with Crippen LogP contribution in [0.25, 0.3) is 0 Å². The molecule has 2 rings (SSSR count).